The summed E-state index contributed by atoms with van der Waals surface area (Å²) in [7, 11) is 0. The van der Waals surface area contributed by atoms with Gasteiger partial charge in [-0.2, -0.15) is 10.5 Å². The van der Waals surface area contributed by atoms with Gasteiger partial charge in [0.2, 0.25) is 5.91 Å². The number of carbonyl (C=O) groups excluding carboxylic acids is 1. The van der Waals surface area contributed by atoms with Gasteiger partial charge in [-0.3, -0.25) is 4.79 Å². The van der Waals surface area contributed by atoms with Gasteiger partial charge in [0.1, 0.15) is 11.3 Å². The standard InChI is InChI=1S/C7H4ClN3O/c8-6-4(3-10)5(1-2-9)11-7(6)12/h1,4,6H,(H,11,12)/b5-1+. The summed E-state index contributed by atoms with van der Waals surface area (Å²) in [5.41, 5.74) is 0.282. The van der Waals surface area contributed by atoms with E-state index in [1.165, 1.54) is 0 Å². The average molecular weight is 182 g/mol. The van der Waals surface area contributed by atoms with Gasteiger partial charge >= 0.3 is 0 Å². The fourth-order valence-corrected chi connectivity index (χ4v) is 1.17. The molecule has 4 nitrogen and oxygen atoms in total. The Morgan fingerprint density at radius 3 is 2.75 bits per heavy atom. The van der Waals surface area contributed by atoms with Crippen LogP contribution < -0.4 is 5.32 Å². The zero-order chi connectivity index (χ0) is 9.14. The molecule has 1 aliphatic heterocycles. The molecule has 1 heterocycles. The smallest absolute Gasteiger partial charge is 0.244 e. The maximum absolute atomic E-state index is 10.9. The number of nitrogens with one attached hydrogen (secondary N) is 1. The van der Waals surface area contributed by atoms with Crippen LogP contribution in [0.5, 0.6) is 0 Å². The number of rotatable bonds is 0. The zero-order valence-electron chi connectivity index (χ0n) is 5.91. The van der Waals surface area contributed by atoms with Crippen LogP contribution in [0.3, 0.4) is 0 Å². The Hall–Kier alpha value is -1.52. The molecule has 12 heavy (non-hydrogen) atoms. The van der Waals surface area contributed by atoms with Crippen LogP contribution in [0.2, 0.25) is 0 Å². The molecule has 2 atom stereocenters. The molecule has 0 aromatic heterocycles. The number of amides is 1. The van der Waals surface area contributed by atoms with E-state index in [2.05, 4.69) is 5.32 Å². The Bertz CT molecular complexity index is 323. The van der Waals surface area contributed by atoms with E-state index in [0.717, 1.165) is 6.08 Å². The first-order chi connectivity index (χ1) is 5.70. The van der Waals surface area contributed by atoms with E-state index in [1.807, 2.05) is 6.07 Å². The molecule has 1 aliphatic rings. The van der Waals surface area contributed by atoms with Crippen LogP contribution in [0, 0.1) is 28.6 Å². The molecule has 1 fully saturated rings. The first kappa shape index (κ1) is 8.58. The normalized spacial score (nSPS) is 30.9. The molecule has 5 heteroatoms. The first-order valence-corrected chi connectivity index (χ1v) is 3.58. The summed E-state index contributed by atoms with van der Waals surface area (Å²) < 4.78 is 0. The van der Waals surface area contributed by atoms with Crippen molar-refractivity contribution in [1.29, 1.82) is 10.5 Å². The maximum Gasteiger partial charge on any atom is 0.244 e. The Morgan fingerprint density at radius 1 is 1.58 bits per heavy atom. The number of allylic oxidation sites excluding steroid dienone is 2. The summed E-state index contributed by atoms with van der Waals surface area (Å²) in [5.74, 6) is -1.15. The van der Waals surface area contributed by atoms with E-state index in [9.17, 15) is 4.79 Å². The highest BCUT2D eigenvalue weighted by Gasteiger charge is 2.37. The van der Waals surface area contributed by atoms with Gasteiger partial charge in [0.05, 0.1) is 12.1 Å². The van der Waals surface area contributed by atoms with Gasteiger partial charge in [0.15, 0.2) is 0 Å². The highest BCUT2D eigenvalue weighted by molar-refractivity contribution is 6.32. The lowest BCUT2D eigenvalue weighted by Gasteiger charge is -1.98. The van der Waals surface area contributed by atoms with Crippen molar-refractivity contribution in [1.82, 2.24) is 5.32 Å². The number of hydrogen-bond acceptors (Lipinski definition) is 3. The largest absolute Gasteiger partial charge is 0.326 e. The molecule has 60 valence electrons. The summed E-state index contributed by atoms with van der Waals surface area (Å²) >= 11 is 5.57. The van der Waals surface area contributed by atoms with Crippen molar-refractivity contribution in [3.63, 3.8) is 0 Å². The lowest BCUT2D eigenvalue weighted by molar-refractivity contribution is -0.118. The van der Waals surface area contributed by atoms with Crippen molar-refractivity contribution in [2.75, 3.05) is 0 Å². The number of alkyl halides is 1. The van der Waals surface area contributed by atoms with Crippen molar-refractivity contribution < 1.29 is 4.79 Å². The van der Waals surface area contributed by atoms with Crippen LogP contribution in [0.1, 0.15) is 0 Å². The molecular weight excluding hydrogens is 178 g/mol. The van der Waals surface area contributed by atoms with Gasteiger partial charge in [-0.1, -0.05) is 0 Å². The van der Waals surface area contributed by atoms with Crippen LogP contribution in [0.15, 0.2) is 11.8 Å². The van der Waals surface area contributed by atoms with Crippen LogP contribution in [0.25, 0.3) is 0 Å². The van der Waals surface area contributed by atoms with Gasteiger partial charge in [-0.25, -0.2) is 0 Å². The first-order valence-electron chi connectivity index (χ1n) is 3.15. The van der Waals surface area contributed by atoms with Crippen molar-refractivity contribution in [2.45, 2.75) is 5.38 Å². The Labute approximate surface area is 74.0 Å². The third kappa shape index (κ3) is 1.25. The van der Waals surface area contributed by atoms with Crippen LogP contribution in [-0.4, -0.2) is 11.3 Å². The van der Waals surface area contributed by atoms with Gasteiger partial charge < -0.3 is 5.32 Å². The number of hydrogen-bond donors (Lipinski definition) is 1. The molecule has 0 bridgehead atoms. The molecule has 0 radical (unpaired) electrons. The second kappa shape index (κ2) is 3.25. The summed E-state index contributed by atoms with van der Waals surface area (Å²) in [4.78, 5) is 10.9. The van der Waals surface area contributed by atoms with E-state index in [4.69, 9.17) is 22.1 Å². The van der Waals surface area contributed by atoms with Crippen LogP contribution in [0.4, 0.5) is 0 Å². The molecule has 0 aromatic carbocycles. The second-order valence-corrected chi connectivity index (χ2v) is 2.70. The molecule has 1 N–H and O–H groups in total. The molecule has 1 saturated heterocycles. The van der Waals surface area contributed by atoms with E-state index in [1.54, 1.807) is 6.07 Å². The van der Waals surface area contributed by atoms with E-state index < -0.39 is 17.2 Å². The van der Waals surface area contributed by atoms with Crippen LogP contribution >= 0.6 is 11.6 Å². The molecule has 0 aliphatic carbocycles. The summed E-state index contributed by atoms with van der Waals surface area (Å²) in [5, 5.41) is 18.3. The molecule has 1 amide bonds. The topological polar surface area (TPSA) is 76.7 Å². The maximum atomic E-state index is 10.9. The lowest BCUT2D eigenvalue weighted by atomic mass is 10.1. The highest BCUT2D eigenvalue weighted by Crippen LogP contribution is 2.24. The zero-order valence-corrected chi connectivity index (χ0v) is 6.67. The van der Waals surface area contributed by atoms with Gasteiger partial charge in [-0.15, -0.1) is 11.6 Å². The highest BCUT2D eigenvalue weighted by atomic mass is 35.5. The van der Waals surface area contributed by atoms with Crippen LogP contribution in [-0.2, 0) is 4.79 Å². The molecule has 0 aromatic rings. The fourth-order valence-electron chi connectivity index (χ4n) is 0.928. The Morgan fingerprint density at radius 2 is 2.25 bits per heavy atom. The summed E-state index contributed by atoms with van der Waals surface area (Å²) in [6.45, 7) is 0. The van der Waals surface area contributed by atoms with E-state index in [0.29, 0.717) is 0 Å². The van der Waals surface area contributed by atoms with E-state index >= 15 is 0 Å². The van der Waals surface area contributed by atoms with Crippen molar-refractivity contribution in [3.05, 3.63) is 11.8 Å². The molecule has 2 unspecified atom stereocenters. The molecule has 0 spiro atoms. The van der Waals surface area contributed by atoms with Crippen molar-refractivity contribution >= 4 is 17.5 Å². The molecular formula is C7H4ClN3O. The number of nitriles is 2. The summed E-state index contributed by atoms with van der Waals surface area (Å²) in [6.07, 6.45) is 1.12. The summed E-state index contributed by atoms with van der Waals surface area (Å²) in [6, 6.07) is 3.57. The van der Waals surface area contributed by atoms with E-state index in [-0.39, 0.29) is 5.70 Å². The minimum atomic E-state index is -0.880. The monoisotopic (exact) mass is 181 g/mol. The minimum absolute atomic E-state index is 0.282. The number of carbonyl (C=O) groups is 1. The molecule has 0 saturated carbocycles. The van der Waals surface area contributed by atoms with Crippen molar-refractivity contribution in [2.24, 2.45) is 5.92 Å². The second-order valence-electron chi connectivity index (χ2n) is 2.23. The molecule has 1 rings (SSSR count). The Kier molecular flexibility index (Phi) is 2.32. The predicted octanol–water partition coefficient (Wildman–Crippen LogP) is 0.271. The lowest BCUT2D eigenvalue weighted by Crippen LogP contribution is -2.19. The predicted molar refractivity (Wildman–Crippen MR) is 40.6 cm³/mol. The van der Waals surface area contributed by atoms with Gasteiger partial charge in [-0.05, 0) is 0 Å². The van der Waals surface area contributed by atoms with Gasteiger partial charge in [0.25, 0.3) is 0 Å². The third-order valence-electron chi connectivity index (χ3n) is 1.50. The third-order valence-corrected chi connectivity index (χ3v) is 1.96. The SMILES string of the molecule is N#C/C=C1/NC(=O)C(Cl)C1C#N. The van der Waals surface area contributed by atoms with Gasteiger partial charge in [0, 0.05) is 11.8 Å². The number of halogens is 1. The quantitative estimate of drug-likeness (QED) is 0.431. The van der Waals surface area contributed by atoms with Crippen molar-refractivity contribution in [3.8, 4) is 12.1 Å². The average Bonchev–Trinajstić information content (AvgIpc) is 2.29. The minimum Gasteiger partial charge on any atom is -0.326 e. The Balaban J connectivity index is 2.97. The number of nitrogens with zero attached hydrogens (tertiary/aromatic N) is 2. The fraction of sp³-hybridized carbons (Fsp3) is 0.286.